The molecule has 0 N–H and O–H groups in total. The first-order valence-electron chi connectivity index (χ1n) is 10.5. The van der Waals surface area contributed by atoms with Gasteiger partial charge in [-0.15, -0.1) is 0 Å². The highest BCUT2D eigenvalue weighted by Crippen LogP contribution is 2.42. The normalized spacial score (nSPS) is 19.1. The molecule has 2 aliphatic heterocycles. The molecule has 2 saturated heterocycles. The van der Waals surface area contributed by atoms with Gasteiger partial charge in [-0.25, -0.2) is 9.59 Å². The van der Waals surface area contributed by atoms with Crippen LogP contribution in [0.2, 0.25) is 0 Å². The summed E-state index contributed by atoms with van der Waals surface area (Å²) in [4.78, 5) is 41.5. The van der Waals surface area contributed by atoms with Crippen LogP contribution < -0.4 is 0 Å². The standard InChI is InChI=1S/C23H32N2O5/c1-16(2)18(19(26)29-13-17-9-7-6-8-10-17)25-12-11-23(20(25)27)14-24(15-23)21(28)30-22(3,4)5/h6-10,16,18H,11-15H2,1-5H3/t18-/m0/s1. The lowest BCUT2D eigenvalue weighted by Gasteiger charge is -2.46. The largest absolute Gasteiger partial charge is 0.459 e. The summed E-state index contributed by atoms with van der Waals surface area (Å²) in [6.07, 6.45) is 0.224. The van der Waals surface area contributed by atoms with Crippen LogP contribution in [0.5, 0.6) is 0 Å². The molecule has 2 heterocycles. The van der Waals surface area contributed by atoms with Crippen molar-refractivity contribution in [2.45, 2.75) is 59.3 Å². The number of likely N-dealkylation sites (tertiary alicyclic amines) is 2. The zero-order chi connectivity index (χ0) is 22.1. The molecule has 7 nitrogen and oxygen atoms in total. The quantitative estimate of drug-likeness (QED) is 0.689. The van der Waals surface area contributed by atoms with Gasteiger partial charge in [-0.1, -0.05) is 44.2 Å². The summed E-state index contributed by atoms with van der Waals surface area (Å²) >= 11 is 0. The van der Waals surface area contributed by atoms with Gasteiger partial charge >= 0.3 is 12.1 Å². The first kappa shape index (κ1) is 22.1. The van der Waals surface area contributed by atoms with Crippen LogP contribution in [0, 0.1) is 11.3 Å². The van der Waals surface area contributed by atoms with Gasteiger partial charge in [-0.2, -0.15) is 0 Å². The van der Waals surface area contributed by atoms with E-state index >= 15 is 0 Å². The predicted octanol–water partition coefficient (Wildman–Crippen LogP) is 3.22. The van der Waals surface area contributed by atoms with Crippen LogP contribution in [0.1, 0.15) is 46.6 Å². The van der Waals surface area contributed by atoms with Crippen molar-refractivity contribution in [2.75, 3.05) is 19.6 Å². The van der Waals surface area contributed by atoms with Crippen molar-refractivity contribution >= 4 is 18.0 Å². The van der Waals surface area contributed by atoms with Crippen molar-refractivity contribution in [3.63, 3.8) is 0 Å². The van der Waals surface area contributed by atoms with E-state index in [4.69, 9.17) is 9.47 Å². The minimum atomic E-state index is -0.629. The SMILES string of the molecule is CC(C)[C@@H](C(=O)OCc1ccccc1)N1CCC2(CN(C(=O)OC(C)(C)C)C2)C1=O. The lowest BCUT2D eigenvalue weighted by atomic mass is 9.78. The second kappa shape index (κ2) is 8.28. The van der Waals surface area contributed by atoms with Crippen molar-refractivity contribution < 1.29 is 23.9 Å². The number of hydrogen-bond acceptors (Lipinski definition) is 5. The molecule has 1 atom stereocenters. The summed E-state index contributed by atoms with van der Waals surface area (Å²) in [5.41, 5.74) is -0.273. The maximum absolute atomic E-state index is 13.2. The Morgan fingerprint density at radius 2 is 1.77 bits per heavy atom. The molecule has 2 fully saturated rings. The van der Waals surface area contributed by atoms with Crippen molar-refractivity contribution in [1.29, 1.82) is 0 Å². The van der Waals surface area contributed by atoms with E-state index in [-0.39, 0.29) is 24.4 Å². The number of carbonyl (C=O) groups is 3. The number of esters is 1. The molecule has 1 aromatic rings. The number of rotatable bonds is 5. The van der Waals surface area contributed by atoms with Gasteiger partial charge in [0.25, 0.3) is 0 Å². The average Bonchev–Trinajstić information content (AvgIpc) is 2.95. The Bertz CT molecular complexity index is 794. The monoisotopic (exact) mass is 416 g/mol. The topological polar surface area (TPSA) is 76.2 Å². The fourth-order valence-corrected chi connectivity index (χ4v) is 4.12. The molecule has 0 radical (unpaired) electrons. The summed E-state index contributed by atoms with van der Waals surface area (Å²) in [5, 5.41) is 0. The van der Waals surface area contributed by atoms with Gasteiger partial charge in [0.2, 0.25) is 5.91 Å². The molecule has 3 rings (SSSR count). The predicted molar refractivity (Wildman–Crippen MR) is 111 cm³/mol. The highest BCUT2D eigenvalue weighted by molar-refractivity contribution is 5.92. The summed E-state index contributed by atoms with van der Waals surface area (Å²) in [6, 6.07) is 8.86. The Hall–Kier alpha value is -2.57. The summed E-state index contributed by atoms with van der Waals surface area (Å²) in [5.74, 6) is -0.533. The van der Waals surface area contributed by atoms with E-state index in [9.17, 15) is 14.4 Å². The maximum atomic E-state index is 13.2. The minimum Gasteiger partial charge on any atom is -0.459 e. The number of ether oxygens (including phenoxy) is 2. The highest BCUT2D eigenvalue weighted by atomic mass is 16.6. The average molecular weight is 417 g/mol. The van der Waals surface area contributed by atoms with Crippen LogP contribution in [0.4, 0.5) is 4.79 Å². The molecule has 1 spiro atoms. The van der Waals surface area contributed by atoms with E-state index in [0.717, 1.165) is 5.56 Å². The van der Waals surface area contributed by atoms with Crippen molar-refractivity contribution in [3.05, 3.63) is 35.9 Å². The molecule has 0 aromatic heterocycles. The van der Waals surface area contributed by atoms with Gasteiger partial charge in [0, 0.05) is 19.6 Å². The maximum Gasteiger partial charge on any atom is 0.410 e. The summed E-state index contributed by atoms with van der Waals surface area (Å²) in [6.45, 7) is 10.6. The Labute approximate surface area is 178 Å². The van der Waals surface area contributed by atoms with Crippen LogP contribution in [0.3, 0.4) is 0 Å². The number of nitrogens with zero attached hydrogens (tertiary/aromatic N) is 2. The first-order chi connectivity index (χ1) is 14.0. The molecule has 1 aromatic carbocycles. The number of benzene rings is 1. The van der Waals surface area contributed by atoms with E-state index in [1.807, 2.05) is 65.0 Å². The number of amides is 2. The van der Waals surface area contributed by atoms with Gasteiger partial charge in [0.1, 0.15) is 18.2 Å². The second-order valence-corrected chi connectivity index (χ2v) is 9.65. The molecular formula is C23H32N2O5. The Morgan fingerprint density at radius 1 is 1.13 bits per heavy atom. The smallest absolute Gasteiger partial charge is 0.410 e. The van der Waals surface area contributed by atoms with E-state index in [0.29, 0.717) is 26.1 Å². The van der Waals surface area contributed by atoms with Crippen LogP contribution >= 0.6 is 0 Å². The van der Waals surface area contributed by atoms with E-state index in [1.54, 1.807) is 9.80 Å². The van der Waals surface area contributed by atoms with Gasteiger partial charge in [-0.05, 0) is 38.7 Å². The minimum absolute atomic E-state index is 0.0716. The van der Waals surface area contributed by atoms with E-state index in [1.165, 1.54) is 0 Å². The Morgan fingerprint density at radius 3 is 2.33 bits per heavy atom. The summed E-state index contributed by atoms with van der Waals surface area (Å²) < 4.78 is 10.9. The van der Waals surface area contributed by atoms with Gasteiger partial charge in [0.05, 0.1) is 5.41 Å². The molecule has 0 aliphatic carbocycles. The Kier molecular flexibility index (Phi) is 6.11. The molecule has 0 saturated carbocycles. The van der Waals surface area contributed by atoms with Gasteiger partial charge in [-0.3, -0.25) is 4.79 Å². The molecule has 7 heteroatoms. The number of hydrogen-bond donors (Lipinski definition) is 0. The molecular weight excluding hydrogens is 384 g/mol. The van der Waals surface area contributed by atoms with Crippen molar-refractivity contribution in [1.82, 2.24) is 9.80 Å². The first-order valence-corrected chi connectivity index (χ1v) is 10.5. The fraction of sp³-hybridized carbons (Fsp3) is 0.609. The zero-order valence-corrected chi connectivity index (χ0v) is 18.5. The fourth-order valence-electron chi connectivity index (χ4n) is 4.12. The van der Waals surface area contributed by atoms with Crippen LogP contribution in [-0.4, -0.2) is 59.0 Å². The third-order valence-electron chi connectivity index (χ3n) is 5.62. The lowest BCUT2D eigenvalue weighted by molar-refractivity contribution is -0.160. The zero-order valence-electron chi connectivity index (χ0n) is 18.5. The Balaban J connectivity index is 1.61. The van der Waals surface area contributed by atoms with Crippen LogP contribution in [0.15, 0.2) is 30.3 Å². The van der Waals surface area contributed by atoms with Crippen LogP contribution in [0.25, 0.3) is 0 Å². The molecule has 164 valence electrons. The van der Waals surface area contributed by atoms with E-state index in [2.05, 4.69) is 0 Å². The van der Waals surface area contributed by atoms with Gasteiger partial charge in [0.15, 0.2) is 0 Å². The summed E-state index contributed by atoms with van der Waals surface area (Å²) in [7, 11) is 0. The van der Waals surface area contributed by atoms with Crippen LogP contribution in [-0.2, 0) is 25.7 Å². The molecule has 2 amide bonds. The number of carbonyl (C=O) groups excluding carboxylic acids is 3. The second-order valence-electron chi connectivity index (χ2n) is 9.65. The highest BCUT2D eigenvalue weighted by Gasteiger charge is 2.58. The molecule has 0 bridgehead atoms. The molecule has 2 aliphatic rings. The van der Waals surface area contributed by atoms with E-state index < -0.39 is 23.2 Å². The molecule has 30 heavy (non-hydrogen) atoms. The lowest BCUT2D eigenvalue weighted by Crippen LogP contribution is -2.63. The van der Waals surface area contributed by atoms with Crippen molar-refractivity contribution in [2.24, 2.45) is 11.3 Å². The van der Waals surface area contributed by atoms with Gasteiger partial charge < -0.3 is 19.3 Å². The third kappa shape index (κ3) is 4.60. The molecule has 0 unspecified atom stereocenters. The van der Waals surface area contributed by atoms with Crippen molar-refractivity contribution in [3.8, 4) is 0 Å². The third-order valence-corrected chi connectivity index (χ3v) is 5.62.